The van der Waals surface area contributed by atoms with Gasteiger partial charge in [0.25, 0.3) is 11.8 Å². The zero-order valence-corrected chi connectivity index (χ0v) is 21.5. The summed E-state index contributed by atoms with van der Waals surface area (Å²) in [5.74, 6) is 0.370. The fraction of sp³-hybridized carbons (Fsp3) is 0.240. The Morgan fingerprint density at radius 2 is 1.86 bits per heavy atom. The number of carbonyl (C=O) groups excluding carboxylic acids is 2. The van der Waals surface area contributed by atoms with Crippen LogP contribution in [0.1, 0.15) is 15.2 Å². The van der Waals surface area contributed by atoms with E-state index in [4.69, 9.17) is 28.6 Å². The molecule has 4 rings (SSSR count). The summed E-state index contributed by atoms with van der Waals surface area (Å²) in [5, 5.41) is 8.22. The summed E-state index contributed by atoms with van der Waals surface area (Å²) in [7, 11) is 0. The number of thiophene rings is 1. The van der Waals surface area contributed by atoms with Crippen LogP contribution < -0.4 is 20.3 Å². The van der Waals surface area contributed by atoms with E-state index in [1.165, 1.54) is 11.3 Å². The number of ether oxygens (including phenoxy) is 1. The smallest absolute Gasteiger partial charge is 0.264 e. The summed E-state index contributed by atoms with van der Waals surface area (Å²) in [6.45, 7) is 4.42. The summed E-state index contributed by atoms with van der Waals surface area (Å²) in [6.07, 6.45) is 0. The van der Waals surface area contributed by atoms with E-state index in [-0.39, 0.29) is 23.5 Å². The fourth-order valence-electron chi connectivity index (χ4n) is 3.73. The van der Waals surface area contributed by atoms with Crippen molar-refractivity contribution < 1.29 is 14.3 Å². The number of rotatable bonds is 6. The van der Waals surface area contributed by atoms with E-state index in [9.17, 15) is 9.59 Å². The molecule has 1 fully saturated rings. The average molecular weight is 529 g/mol. The largest absolute Gasteiger partial charge is 0.483 e. The van der Waals surface area contributed by atoms with Crippen LogP contribution in [-0.4, -0.2) is 54.6 Å². The number of anilines is 2. The van der Waals surface area contributed by atoms with Gasteiger partial charge in [-0.15, -0.1) is 11.3 Å². The second kappa shape index (κ2) is 11.5. The molecule has 1 aliphatic heterocycles. The van der Waals surface area contributed by atoms with Gasteiger partial charge in [0.2, 0.25) is 0 Å². The van der Waals surface area contributed by atoms with E-state index in [2.05, 4.69) is 15.5 Å². The number of hydrogen-bond acceptors (Lipinski definition) is 6. The van der Waals surface area contributed by atoms with Gasteiger partial charge < -0.3 is 19.9 Å². The maximum Gasteiger partial charge on any atom is 0.264 e. The number of para-hydroxylation sites is 1. The average Bonchev–Trinajstić information content (AvgIpc) is 3.38. The molecule has 2 N–H and O–H groups in total. The van der Waals surface area contributed by atoms with Gasteiger partial charge in [-0.25, -0.2) is 0 Å². The Labute approximate surface area is 218 Å². The minimum absolute atomic E-state index is 0.0742. The monoisotopic (exact) mass is 528 g/mol. The van der Waals surface area contributed by atoms with Crippen LogP contribution in [0.15, 0.2) is 60.0 Å². The first-order valence-corrected chi connectivity index (χ1v) is 12.7. The first-order valence-electron chi connectivity index (χ1n) is 11.1. The topological polar surface area (TPSA) is 73.9 Å². The normalized spacial score (nSPS) is 13.3. The Morgan fingerprint density at radius 1 is 1.09 bits per heavy atom. The van der Waals surface area contributed by atoms with E-state index < -0.39 is 0 Å². The molecule has 7 nitrogen and oxygen atoms in total. The number of benzene rings is 2. The van der Waals surface area contributed by atoms with Crippen LogP contribution in [0.2, 0.25) is 5.02 Å². The van der Waals surface area contributed by atoms with E-state index in [0.717, 1.165) is 16.1 Å². The first kappa shape index (κ1) is 25.0. The molecule has 2 heterocycles. The summed E-state index contributed by atoms with van der Waals surface area (Å²) < 4.78 is 5.54. The van der Waals surface area contributed by atoms with Crippen molar-refractivity contribution in [3.8, 4) is 5.75 Å². The highest BCUT2D eigenvalue weighted by Crippen LogP contribution is 2.30. The third kappa shape index (κ3) is 6.50. The quantitative estimate of drug-likeness (QED) is 0.457. The number of halogens is 1. The van der Waals surface area contributed by atoms with E-state index in [1.54, 1.807) is 6.07 Å². The van der Waals surface area contributed by atoms with E-state index in [0.29, 0.717) is 42.6 Å². The molecule has 0 bridgehead atoms. The second-order valence-electron chi connectivity index (χ2n) is 7.98. The molecule has 0 saturated carbocycles. The maximum atomic E-state index is 12.6. The summed E-state index contributed by atoms with van der Waals surface area (Å²) in [6, 6.07) is 16.8. The van der Waals surface area contributed by atoms with Crippen LogP contribution in [0.4, 0.5) is 11.4 Å². The number of carbonyl (C=O) groups is 2. The number of nitrogens with zero attached hydrogens (tertiary/aromatic N) is 2. The standard InChI is InChI=1S/C25H25ClN4O3S2/c1-17-5-2-3-6-21(17)33-16-23(31)28-25(34)27-18-8-9-20(19(26)15-18)29-10-12-30(13-11-29)24(32)22-7-4-14-35-22/h2-9,14-15H,10-13,16H2,1H3,(H2,27,28,31,34). The number of nitrogens with one attached hydrogen (secondary N) is 2. The zero-order valence-electron chi connectivity index (χ0n) is 19.1. The lowest BCUT2D eigenvalue weighted by molar-refractivity contribution is -0.121. The summed E-state index contributed by atoms with van der Waals surface area (Å²) in [5.41, 5.74) is 2.50. The lowest BCUT2D eigenvalue weighted by Crippen LogP contribution is -2.48. The maximum absolute atomic E-state index is 12.6. The Kier molecular flexibility index (Phi) is 8.22. The van der Waals surface area contributed by atoms with Crippen LogP contribution in [0.3, 0.4) is 0 Å². The van der Waals surface area contributed by atoms with Crippen LogP contribution in [-0.2, 0) is 4.79 Å². The predicted molar refractivity (Wildman–Crippen MR) is 145 cm³/mol. The first-order chi connectivity index (χ1) is 16.9. The fourth-order valence-corrected chi connectivity index (χ4v) is 4.96. The lowest BCUT2D eigenvalue weighted by atomic mass is 10.2. The molecule has 10 heteroatoms. The molecule has 0 unspecified atom stereocenters. The molecule has 0 atom stereocenters. The third-order valence-corrected chi connectivity index (χ3v) is 6.92. The summed E-state index contributed by atoms with van der Waals surface area (Å²) in [4.78, 5) is 29.5. The molecule has 0 spiro atoms. The zero-order chi connectivity index (χ0) is 24.8. The van der Waals surface area contributed by atoms with Crippen LogP contribution in [0.5, 0.6) is 5.75 Å². The lowest BCUT2D eigenvalue weighted by Gasteiger charge is -2.36. The van der Waals surface area contributed by atoms with Crippen molar-refractivity contribution in [2.24, 2.45) is 0 Å². The van der Waals surface area contributed by atoms with Gasteiger partial charge in [0.1, 0.15) is 5.75 Å². The SMILES string of the molecule is Cc1ccccc1OCC(=O)NC(=S)Nc1ccc(N2CCN(C(=O)c3cccs3)CC2)c(Cl)c1. The van der Waals surface area contributed by atoms with Gasteiger partial charge in [0, 0.05) is 31.9 Å². The molecular weight excluding hydrogens is 504 g/mol. The molecule has 1 aliphatic rings. The minimum Gasteiger partial charge on any atom is -0.483 e. The van der Waals surface area contributed by atoms with Gasteiger partial charge in [-0.2, -0.15) is 0 Å². The van der Waals surface area contributed by atoms with Gasteiger partial charge in [-0.3, -0.25) is 14.9 Å². The third-order valence-electron chi connectivity index (χ3n) is 5.55. The molecule has 182 valence electrons. The van der Waals surface area contributed by atoms with Crippen LogP contribution in [0.25, 0.3) is 0 Å². The van der Waals surface area contributed by atoms with Gasteiger partial charge in [0.05, 0.1) is 15.6 Å². The Balaban J connectivity index is 1.26. The molecule has 0 aliphatic carbocycles. The molecule has 2 amide bonds. The van der Waals surface area contributed by atoms with Crippen molar-refractivity contribution in [3.63, 3.8) is 0 Å². The molecule has 3 aromatic rings. The van der Waals surface area contributed by atoms with Crippen molar-refractivity contribution in [1.29, 1.82) is 0 Å². The molecular formula is C25H25ClN4O3S2. The van der Waals surface area contributed by atoms with E-state index in [1.807, 2.05) is 65.7 Å². The van der Waals surface area contributed by atoms with Crippen molar-refractivity contribution >= 4 is 63.5 Å². The van der Waals surface area contributed by atoms with Gasteiger partial charge in [-0.05, 0) is 60.4 Å². The van der Waals surface area contributed by atoms with Crippen LogP contribution in [0, 0.1) is 6.92 Å². The van der Waals surface area contributed by atoms with Gasteiger partial charge >= 0.3 is 0 Å². The Bertz CT molecular complexity index is 1210. The molecule has 35 heavy (non-hydrogen) atoms. The summed E-state index contributed by atoms with van der Waals surface area (Å²) >= 11 is 13.3. The molecule has 0 radical (unpaired) electrons. The number of amides is 2. The number of hydrogen-bond donors (Lipinski definition) is 2. The molecule has 1 saturated heterocycles. The second-order valence-corrected chi connectivity index (χ2v) is 9.74. The number of piperazine rings is 1. The minimum atomic E-state index is -0.358. The van der Waals surface area contributed by atoms with Gasteiger partial charge in [-0.1, -0.05) is 35.9 Å². The Morgan fingerprint density at radius 3 is 2.54 bits per heavy atom. The number of thiocarbonyl (C=S) groups is 1. The highest BCUT2D eigenvalue weighted by molar-refractivity contribution is 7.80. The van der Waals surface area contributed by atoms with Crippen molar-refractivity contribution in [1.82, 2.24) is 10.2 Å². The predicted octanol–water partition coefficient (Wildman–Crippen LogP) is 4.56. The van der Waals surface area contributed by atoms with Crippen LogP contribution >= 0.6 is 35.2 Å². The van der Waals surface area contributed by atoms with Crippen molar-refractivity contribution in [3.05, 3.63) is 75.4 Å². The van der Waals surface area contributed by atoms with Gasteiger partial charge in [0.15, 0.2) is 11.7 Å². The highest BCUT2D eigenvalue weighted by atomic mass is 35.5. The molecule has 1 aromatic heterocycles. The number of aryl methyl sites for hydroxylation is 1. The molecule has 2 aromatic carbocycles. The Hall–Kier alpha value is -3.14. The van der Waals surface area contributed by atoms with E-state index >= 15 is 0 Å². The highest BCUT2D eigenvalue weighted by Gasteiger charge is 2.24. The van der Waals surface area contributed by atoms with Crippen molar-refractivity contribution in [2.75, 3.05) is 43.0 Å². The van der Waals surface area contributed by atoms with Crippen molar-refractivity contribution in [2.45, 2.75) is 6.92 Å².